The summed E-state index contributed by atoms with van der Waals surface area (Å²) >= 11 is 5.67. The van der Waals surface area contributed by atoms with Crippen molar-refractivity contribution in [1.82, 2.24) is 10.3 Å². The van der Waals surface area contributed by atoms with Crippen LogP contribution in [-0.2, 0) is 0 Å². The van der Waals surface area contributed by atoms with Crippen LogP contribution < -0.4 is 5.32 Å². The van der Waals surface area contributed by atoms with E-state index in [0.29, 0.717) is 23.8 Å². The van der Waals surface area contributed by atoms with E-state index in [1.54, 1.807) is 12.3 Å². The van der Waals surface area contributed by atoms with Crippen molar-refractivity contribution in [3.63, 3.8) is 0 Å². The molecule has 6 nitrogen and oxygen atoms in total. The molecule has 0 saturated carbocycles. The first-order valence-corrected chi connectivity index (χ1v) is 5.25. The number of carbonyl (C=O) groups is 1. The summed E-state index contributed by atoms with van der Waals surface area (Å²) in [5.41, 5.74) is 8.48. The van der Waals surface area contributed by atoms with E-state index >= 15 is 0 Å². The van der Waals surface area contributed by atoms with Gasteiger partial charge in [0.2, 0.25) is 0 Å². The Morgan fingerprint density at radius 3 is 3.06 bits per heavy atom. The van der Waals surface area contributed by atoms with Gasteiger partial charge in [-0.25, -0.2) is 0 Å². The van der Waals surface area contributed by atoms with Crippen molar-refractivity contribution in [3.05, 3.63) is 33.4 Å². The first-order valence-electron chi connectivity index (χ1n) is 4.87. The lowest BCUT2D eigenvalue weighted by molar-refractivity contribution is 0.0948. The number of rotatable bonds is 6. The largest absolute Gasteiger partial charge is 0.356 e. The summed E-state index contributed by atoms with van der Waals surface area (Å²) in [6, 6.07) is 1.57. The number of azide groups is 1. The van der Waals surface area contributed by atoms with E-state index in [0.717, 1.165) is 12.8 Å². The SMILES string of the molecule is [N-]=[N+]=NCCCCNC(=O)c1cc(Cl)c[nH]1. The number of H-pyrrole nitrogens is 1. The summed E-state index contributed by atoms with van der Waals surface area (Å²) < 4.78 is 0. The average Bonchev–Trinajstić information content (AvgIpc) is 2.70. The summed E-state index contributed by atoms with van der Waals surface area (Å²) in [5, 5.41) is 6.63. The summed E-state index contributed by atoms with van der Waals surface area (Å²) in [4.78, 5) is 16.9. The van der Waals surface area contributed by atoms with Crippen molar-refractivity contribution in [2.24, 2.45) is 5.11 Å². The van der Waals surface area contributed by atoms with Crippen molar-refractivity contribution in [1.29, 1.82) is 0 Å². The first kappa shape index (κ1) is 12.4. The highest BCUT2D eigenvalue weighted by atomic mass is 35.5. The Hall–Kier alpha value is -1.65. The van der Waals surface area contributed by atoms with Crippen molar-refractivity contribution in [2.75, 3.05) is 13.1 Å². The number of aromatic amines is 1. The molecule has 0 unspecified atom stereocenters. The van der Waals surface area contributed by atoms with E-state index in [4.69, 9.17) is 17.1 Å². The van der Waals surface area contributed by atoms with E-state index in [1.807, 2.05) is 0 Å². The van der Waals surface area contributed by atoms with Crippen molar-refractivity contribution in [2.45, 2.75) is 12.8 Å². The van der Waals surface area contributed by atoms with Crippen LogP contribution in [0.15, 0.2) is 17.4 Å². The lowest BCUT2D eigenvalue weighted by Gasteiger charge is -2.01. The first-order chi connectivity index (χ1) is 7.74. The van der Waals surface area contributed by atoms with Gasteiger partial charge in [-0.1, -0.05) is 16.7 Å². The van der Waals surface area contributed by atoms with Crippen LogP contribution in [0.4, 0.5) is 0 Å². The standard InChI is InChI=1S/C9H12ClN5O/c10-7-5-8(13-6-7)9(16)12-3-1-2-4-14-15-11/h5-6,13H,1-4H2,(H,12,16). The maximum atomic E-state index is 11.5. The number of amides is 1. The zero-order valence-electron chi connectivity index (χ0n) is 8.61. The van der Waals surface area contributed by atoms with Crippen LogP contribution in [0.25, 0.3) is 10.4 Å². The van der Waals surface area contributed by atoms with E-state index in [2.05, 4.69) is 20.3 Å². The Morgan fingerprint density at radius 1 is 1.62 bits per heavy atom. The van der Waals surface area contributed by atoms with Gasteiger partial charge in [0.25, 0.3) is 5.91 Å². The Morgan fingerprint density at radius 2 is 2.44 bits per heavy atom. The molecule has 0 fully saturated rings. The number of aromatic nitrogens is 1. The summed E-state index contributed by atoms with van der Waals surface area (Å²) in [7, 11) is 0. The molecule has 0 aliphatic rings. The lowest BCUT2D eigenvalue weighted by atomic mass is 10.3. The lowest BCUT2D eigenvalue weighted by Crippen LogP contribution is -2.24. The van der Waals surface area contributed by atoms with Gasteiger partial charge in [0.1, 0.15) is 5.69 Å². The highest BCUT2D eigenvalue weighted by molar-refractivity contribution is 6.30. The highest BCUT2D eigenvalue weighted by Gasteiger charge is 2.06. The molecule has 1 aromatic heterocycles. The fourth-order valence-electron chi connectivity index (χ4n) is 1.15. The Balaban J connectivity index is 2.18. The third-order valence-electron chi connectivity index (χ3n) is 1.93. The number of carbonyl (C=O) groups excluding carboxylic acids is 1. The second-order valence-corrected chi connectivity index (χ2v) is 3.59. The number of hydrogen-bond donors (Lipinski definition) is 2. The molecule has 0 saturated heterocycles. The molecule has 16 heavy (non-hydrogen) atoms. The van der Waals surface area contributed by atoms with Crippen molar-refractivity contribution >= 4 is 17.5 Å². The molecule has 1 amide bonds. The zero-order valence-corrected chi connectivity index (χ0v) is 9.37. The molecule has 1 heterocycles. The van der Waals surface area contributed by atoms with Gasteiger partial charge in [0.05, 0.1) is 5.02 Å². The van der Waals surface area contributed by atoms with Crippen LogP contribution in [0, 0.1) is 0 Å². The van der Waals surface area contributed by atoms with Gasteiger partial charge < -0.3 is 10.3 Å². The Bertz CT molecular complexity index is 396. The van der Waals surface area contributed by atoms with Gasteiger partial charge in [-0.3, -0.25) is 4.79 Å². The maximum absolute atomic E-state index is 11.5. The number of nitrogens with zero attached hydrogens (tertiary/aromatic N) is 3. The van der Waals surface area contributed by atoms with Crippen molar-refractivity contribution in [3.8, 4) is 0 Å². The summed E-state index contributed by atoms with van der Waals surface area (Å²) in [5.74, 6) is -0.185. The monoisotopic (exact) mass is 241 g/mol. The average molecular weight is 242 g/mol. The van der Waals surface area contributed by atoms with Gasteiger partial charge >= 0.3 is 0 Å². The molecule has 0 radical (unpaired) electrons. The van der Waals surface area contributed by atoms with Crippen LogP contribution in [-0.4, -0.2) is 24.0 Å². The fourth-order valence-corrected chi connectivity index (χ4v) is 1.31. The normalized spacial score (nSPS) is 9.56. The second kappa shape index (κ2) is 6.76. The summed E-state index contributed by atoms with van der Waals surface area (Å²) in [6.07, 6.45) is 3.09. The summed E-state index contributed by atoms with van der Waals surface area (Å²) in [6.45, 7) is 1.01. The molecule has 0 aliphatic carbocycles. The predicted octanol–water partition coefficient (Wildman–Crippen LogP) is 2.49. The Labute approximate surface area is 97.6 Å². The predicted molar refractivity (Wildman–Crippen MR) is 61.4 cm³/mol. The quantitative estimate of drug-likeness (QED) is 0.340. The number of hydrogen-bond acceptors (Lipinski definition) is 2. The van der Waals surface area contributed by atoms with E-state index in [-0.39, 0.29) is 5.91 Å². The Kier molecular flexibility index (Phi) is 5.25. The van der Waals surface area contributed by atoms with E-state index in [9.17, 15) is 4.79 Å². The van der Waals surface area contributed by atoms with Gasteiger partial charge in [0, 0.05) is 24.2 Å². The number of halogens is 1. The van der Waals surface area contributed by atoms with Gasteiger partial charge in [0.15, 0.2) is 0 Å². The molecule has 1 rings (SSSR count). The molecular formula is C9H12ClN5O. The molecule has 0 aliphatic heterocycles. The zero-order chi connectivity index (χ0) is 11.8. The number of nitrogens with one attached hydrogen (secondary N) is 2. The fraction of sp³-hybridized carbons (Fsp3) is 0.444. The minimum Gasteiger partial charge on any atom is -0.356 e. The molecule has 1 aromatic rings. The van der Waals surface area contributed by atoms with Gasteiger partial charge in [-0.15, -0.1) is 0 Å². The van der Waals surface area contributed by atoms with Crippen LogP contribution in [0.5, 0.6) is 0 Å². The maximum Gasteiger partial charge on any atom is 0.267 e. The molecule has 86 valence electrons. The third kappa shape index (κ3) is 4.25. The van der Waals surface area contributed by atoms with Crippen LogP contribution in [0.3, 0.4) is 0 Å². The molecule has 0 aromatic carbocycles. The topological polar surface area (TPSA) is 93.7 Å². The van der Waals surface area contributed by atoms with Gasteiger partial charge in [-0.2, -0.15) is 0 Å². The molecule has 0 atom stereocenters. The molecule has 7 heteroatoms. The van der Waals surface area contributed by atoms with Crippen molar-refractivity contribution < 1.29 is 4.79 Å². The minimum absolute atomic E-state index is 0.185. The number of unbranched alkanes of at least 4 members (excludes halogenated alkanes) is 1. The van der Waals surface area contributed by atoms with E-state index < -0.39 is 0 Å². The van der Waals surface area contributed by atoms with Crippen LogP contribution in [0.2, 0.25) is 5.02 Å². The highest BCUT2D eigenvalue weighted by Crippen LogP contribution is 2.08. The molecule has 0 spiro atoms. The van der Waals surface area contributed by atoms with Gasteiger partial charge in [-0.05, 0) is 24.4 Å². The molecule has 2 N–H and O–H groups in total. The third-order valence-corrected chi connectivity index (χ3v) is 2.14. The van der Waals surface area contributed by atoms with Crippen LogP contribution >= 0.6 is 11.6 Å². The van der Waals surface area contributed by atoms with E-state index in [1.165, 1.54) is 0 Å². The molecule has 0 bridgehead atoms. The minimum atomic E-state index is -0.185. The van der Waals surface area contributed by atoms with Crippen LogP contribution in [0.1, 0.15) is 23.3 Å². The smallest absolute Gasteiger partial charge is 0.267 e. The second-order valence-electron chi connectivity index (χ2n) is 3.15. The molecular weight excluding hydrogens is 230 g/mol.